The number of hydrogen-bond donors (Lipinski definition) is 1. The van der Waals surface area contributed by atoms with E-state index in [2.05, 4.69) is 31.2 Å². The standard InChI is InChI=1S/C17H24FN3/c1-12(14-8-6-7-9-15(14)18)19-10-13-11-21(5)20-16(13)17(2,3)4/h6-9,11-12,19H,10H2,1-5H3. The molecule has 0 saturated carbocycles. The fraction of sp³-hybridized carbons (Fsp3) is 0.471. The molecule has 1 unspecified atom stereocenters. The summed E-state index contributed by atoms with van der Waals surface area (Å²) in [6, 6.07) is 6.85. The third-order valence-corrected chi connectivity index (χ3v) is 3.59. The fourth-order valence-electron chi connectivity index (χ4n) is 2.50. The van der Waals surface area contributed by atoms with Crippen molar-refractivity contribution in [2.45, 2.75) is 45.7 Å². The van der Waals surface area contributed by atoms with Crippen molar-refractivity contribution in [1.29, 1.82) is 0 Å². The molecule has 1 aromatic carbocycles. The normalized spacial score (nSPS) is 13.4. The Bertz CT molecular complexity index is 611. The Balaban J connectivity index is 2.12. The van der Waals surface area contributed by atoms with E-state index in [-0.39, 0.29) is 17.3 Å². The lowest BCUT2D eigenvalue weighted by atomic mass is 9.89. The second kappa shape index (κ2) is 5.98. The van der Waals surface area contributed by atoms with Gasteiger partial charge in [-0.15, -0.1) is 0 Å². The zero-order valence-corrected chi connectivity index (χ0v) is 13.4. The van der Waals surface area contributed by atoms with E-state index >= 15 is 0 Å². The van der Waals surface area contributed by atoms with Gasteiger partial charge in [0, 0.05) is 42.4 Å². The van der Waals surface area contributed by atoms with Crippen molar-refractivity contribution in [3.63, 3.8) is 0 Å². The first-order chi connectivity index (χ1) is 9.79. The first kappa shape index (κ1) is 15.7. The molecule has 0 radical (unpaired) electrons. The van der Waals surface area contributed by atoms with Gasteiger partial charge in [-0.25, -0.2) is 4.39 Å². The van der Waals surface area contributed by atoms with Gasteiger partial charge in [0.1, 0.15) is 5.82 Å². The molecule has 2 rings (SSSR count). The summed E-state index contributed by atoms with van der Waals surface area (Å²) in [6.07, 6.45) is 2.03. The van der Waals surface area contributed by atoms with Crippen LogP contribution in [0.15, 0.2) is 30.5 Å². The molecular weight excluding hydrogens is 265 g/mol. The summed E-state index contributed by atoms with van der Waals surface area (Å²) in [5.74, 6) is -0.167. The third-order valence-electron chi connectivity index (χ3n) is 3.59. The van der Waals surface area contributed by atoms with E-state index in [0.717, 1.165) is 11.3 Å². The Hall–Kier alpha value is -1.68. The molecule has 0 amide bonds. The highest BCUT2D eigenvalue weighted by Crippen LogP contribution is 2.25. The summed E-state index contributed by atoms with van der Waals surface area (Å²) < 4.78 is 15.6. The molecule has 0 aliphatic heterocycles. The average molecular weight is 289 g/mol. The fourth-order valence-corrected chi connectivity index (χ4v) is 2.50. The Morgan fingerprint density at radius 2 is 1.95 bits per heavy atom. The number of aryl methyl sites for hydroxylation is 1. The number of halogens is 1. The van der Waals surface area contributed by atoms with Gasteiger partial charge in [-0.1, -0.05) is 39.0 Å². The van der Waals surface area contributed by atoms with Gasteiger partial charge in [0.2, 0.25) is 0 Å². The van der Waals surface area contributed by atoms with E-state index < -0.39 is 0 Å². The minimum atomic E-state index is -0.167. The smallest absolute Gasteiger partial charge is 0.127 e. The minimum Gasteiger partial charge on any atom is -0.306 e. The quantitative estimate of drug-likeness (QED) is 0.930. The van der Waals surface area contributed by atoms with E-state index in [1.54, 1.807) is 6.07 Å². The molecule has 1 atom stereocenters. The predicted molar refractivity (Wildman–Crippen MR) is 83.6 cm³/mol. The molecule has 2 aromatic rings. The van der Waals surface area contributed by atoms with Crippen LogP contribution in [0.3, 0.4) is 0 Å². The molecular formula is C17H24FN3. The van der Waals surface area contributed by atoms with Gasteiger partial charge in [0.05, 0.1) is 5.69 Å². The van der Waals surface area contributed by atoms with Crippen molar-refractivity contribution < 1.29 is 4.39 Å². The van der Waals surface area contributed by atoms with Gasteiger partial charge in [-0.05, 0) is 13.0 Å². The van der Waals surface area contributed by atoms with E-state index in [4.69, 9.17) is 0 Å². The molecule has 0 saturated heterocycles. The average Bonchev–Trinajstić information content (AvgIpc) is 2.78. The minimum absolute atomic E-state index is 0.000488. The predicted octanol–water partition coefficient (Wildman–Crippen LogP) is 3.71. The van der Waals surface area contributed by atoms with Crippen LogP contribution in [0.25, 0.3) is 0 Å². The first-order valence-electron chi connectivity index (χ1n) is 7.30. The lowest BCUT2D eigenvalue weighted by molar-refractivity contribution is 0.514. The second-order valence-electron chi connectivity index (χ2n) is 6.55. The number of rotatable bonds is 4. The topological polar surface area (TPSA) is 29.9 Å². The number of aromatic nitrogens is 2. The summed E-state index contributed by atoms with van der Waals surface area (Å²) in [5.41, 5.74) is 2.93. The Kier molecular flexibility index (Phi) is 4.47. The molecule has 4 heteroatoms. The van der Waals surface area contributed by atoms with E-state index in [9.17, 15) is 4.39 Å². The zero-order valence-electron chi connectivity index (χ0n) is 13.4. The van der Waals surface area contributed by atoms with E-state index in [1.807, 2.05) is 37.0 Å². The van der Waals surface area contributed by atoms with Crippen LogP contribution < -0.4 is 5.32 Å². The van der Waals surface area contributed by atoms with Crippen LogP contribution >= 0.6 is 0 Å². The Labute approximate surface area is 126 Å². The third kappa shape index (κ3) is 3.70. The Morgan fingerprint density at radius 1 is 1.29 bits per heavy atom. The molecule has 1 N–H and O–H groups in total. The highest BCUT2D eigenvalue weighted by atomic mass is 19.1. The van der Waals surface area contributed by atoms with Gasteiger partial charge in [-0.3, -0.25) is 4.68 Å². The van der Waals surface area contributed by atoms with Gasteiger partial charge < -0.3 is 5.32 Å². The van der Waals surface area contributed by atoms with Gasteiger partial charge in [-0.2, -0.15) is 5.10 Å². The monoisotopic (exact) mass is 289 g/mol. The molecule has 21 heavy (non-hydrogen) atoms. The lowest BCUT2D eigenvalue weighted by Gasteiger charge is -2.19. The van der Waals surface area contributed by atoms with Gasteiger partial charge in [0.25, 0.3) is 0 Å². The van der Waals surface area contributed by atoms with Crippen molar-refractivity contribution in [3.05, 3.63) is 53.1 Å². The van der Waals surface area contributed by atoms with Crippen LogP contribution in [-0.4, -0.2) is 9.78 Å². The summed E-state index contributed by atoms with van der Waals surface area (Å²) >= 11 is 0. The van der Waals surface area contributed by atoms with Crippen LogP contribution in [0.2, 0.25) is 0 Å². The summed E-state index contributed by atoms with van der Waals surface area (Å²) in [6.45, 7) is 9.11. The number of nitrogens with one attached hydrogen (secondary N) is 1. The molecule has 1 aromatic heterocycles. The van der Waals surface area contributed by atoms with Crippen molar-refractivity contribution >= 4 is 0 Å². The molecule has 0 bridgehead atoms. The largest absolute Gasteiger partial charge is 0.306 e. The summed E-state index contributed by atoms with van der Waals surface area (Å²) in [5, 5.41) is 7.94. The summed E-state index contributed by atoms with van der Waals surface area (Å²) in [4.78, 5) is 0. The SMILES string of the molecule is CC(NCc1cn(C)nc1C(C)(C)C)c1ccccc1F. The van der Waals surface area contributed by atoms with Crippen LogP contribution in [0.1, 0.15) is 50.6 Å². The molecule has 114 valence electrons. The maximum atomic E-state index is 13.8. The lowest BCUT2D eigenvalue weighted by Crippen LogP contribution is -2.22. The highest BCUT2D eigenvalue weighted by molar-refractivity contribution is 5.25. The van der Waals surface area contributed by atoms with Crippen LogP contribution in [0.5, 0.6) is 0 Å². The molecule has 3 nitrogen and oxygen atoms in total. The second-order valence-corrected chi connectivity index (χ2v) is 6.55. The molecule has 0 aliphatic carbocycles. The van der Waals surface area contributed by atoms with Crippen molar-refractivity contribution in [2.75, 3.05) is 0 Å². The molecule has 0 fully saturated rings. The summed E-state index contributed by atoms with van der Waals surface area (Å²) in [7, 11) is 1.93. The van der Waals surface area contributed by atoms with E-state index in [0.29, 0.717) is 12.1 Å². The number of hydrogen-bond acceptors (Lipinski definition) is 2. The number of benzene rings is 1. The van der Waals surface area contributed by atoms with E-state index in [1.165, 1.54) is 6.07 Å². The molecule has 0 aliphatic rings. The maximum Gasteiger partial charge on any atom is 0.127 e. The van der Waals surface area contributed by atoms with Crippen molar-refractivity contribution in [2.24, 2.45) is 7.05 Å². The maximum absolute atomic E-state index is 13.8. The highest BCUT2D eigenvalue weighted by Gasteiger charge is 2.22. The van der Waals surface area contributed by atoms with Gasteiger partial charge >= 0.3 is 0 Å². The Morgan fingerprint density at radius 3 is 2.57 bits per heavy atom. The molecule has 0 spiro atoms. The number of nitrogens with zero attached hydrogens (tertiary/aromatic N) is 2. The first-order valence-corrected chi connectivity index (χ1v) is 7.30. The van der Waals surface area contributed by atoms with Crippen LogP contribution in [0, 0.1) is 5.82 Å². The zero-order chi connectivity index (χ0) is 15.6. The van der Waals surface area contributed by atoms with Crippen molar-refractivity contribution in [1.82, 2.24) is 15.1 Å². The van der Waals surface area contributed by atoms with Gasteiger partial charge in [0.15, 0.2) is 0 Å². The van der Waals surface area contributed by atoms with Crippen LogP contribution in [-0.2, 0) is 19.0 Å². The van der Waals surface area contributed by atoms with Crippen LogP contribution in [0.4, 0.5) is 4.39 Å². The molecule has 1 heterocycles. The van der Waals surface area contributed by atoms with Crippen molar-refractivity contribution in [3.8, 4) is 0 Å².